The monoisotopic (exact) mass is 368 g/mol. The standard InChI is InChI=1S/C18H40N2O5.2H2/c1-17(2)19-5-7-21-9-11-23-13-15-25-16-14-24-12-10-22-8-6-20-18(3)4;;/h17-20H,5-16H2,1-4H3;2*1H. The molecule has 0 atom stereocenters. The van der Waals surface area contributed by atoms with E-state index in [9.17, 15) is 0 Å². The molecule has 2 N–H and O–H groups in total. The maximum absolute atomic E-state index is 5.44. The number of ether oxygens (including phenoxy) is 5. The Morgan fingerprint density at radius 2 is 0.720 bits per heavy atom. The Kier molecular flexibility index (Phi) is 19.8. The molecule has 0 aromatic rings. The summed E-state index contributed by atoms with van der Waals surface area (Å²) in [6, 6.07) is 1.00. The predicted octanol–water partition coefficient (Wildman–Crippen LogP) is 1.56. The number of hydrogen-bond donors (Lipinski definition) is 2. The van der Waals surface area contributed by atoms with Crippen LogP contribution >= 0.6 is 0 Å². The van der Waals surface area contributed by atoms with Gasteiger partial charge in [0.05, 0.1) is 66.1 Å². The minimum Gasteiger partial charge on any atom is -0.378 e. The van der Waals surface area contributed by atoms with Gasteiger partial charge in [0.25, 0.3) is 0 Å². The average Bonchev–Trinajstić information content (AvgIpc) is 2.56. The zero-order valence-corrected chi connectivity index (χ0v) is 16.7. The summed E-state index contributed by atoms with van der Waals surface area (Å²) in [6.45, 7) is 16.4. The van der Waals surface area contributed by atoms with Crippen LogP contribution < -0.4 is 10.6 Å². The quantitative estimate of drug-likeness (QED) is 0.316. The van der Waals surface area contributed by atoms with Gasteiger partial charge in [-0.2, -0.15) is 0 Å². The van der Waals surface area contributed by atoms with Gasteiger partial charge >= 0.3 is 0 Å². The van der Waals surface area contributed by atoms with Crippen LogP contribution in [-0.2, 0) is 23.7 Å². The molecule has 0 unspecified atom stereocenters. The van der Waals surface area contributed by atoms with Crippen molar-refractivity contribution in [3.63, 3.8) is 0 Å². The van der Waals surface area contributed by atoms with Crippen molar-refractivity contribution in [2.45, 2.75) is 39.8 Å². The van der Waals surface area contributed by atoms with Crippen molar-refractivity contribution < 1.29 is 26.5 Å². The molecule has 0 bridgehead atoms. The minimum absolute atomic E-state index is 0. The first-order valence-corrected chi connectivity index (χ1v) is 9.48. The molecule has 156 valence electrons. The van der Waals surface area contributed by atoms with E-state index in [2.05, 4.69) is 38.3 Å². The van der Waals surface area contributed by atoms with E-state index in [-0.39, 0.29) is 2.85 Å². The molecular formula is C18H44N2O5. The molecule has 0 aromatic carbocycles. The van der Waals surface area contributed by atoms with Crippen LogP contribution in [0.2, 0.25) is 0 Å². The van der Waals surface area contributed by atoms with Gasteiger partial charge in [0.2, 0.25) is 0 Å². The highest BCUT2D eigenvalue weighted by molar-refractivity contribution is 4.51. The Balaban J connectivity index is -0.00000288. The van der Waals surface area contributed by atoms with E-state index in [1.807, 2.05) is 0 Å². The van der Waals surface area contributed by atoms with Crippen LogP contribution in [0.25, 0.3) is 0 Å². The van der Waals surface area contributed by atoms with Gasteiger partial charge in [-0.25, -0.2) is 0 Å². The van der Waals surface area contributed by atoms with Crippen LogP contribution in [0.15, 0.2) is 0 Å². The second-order valence-corrected chi connectivity index (χ2v) is 6.28. The first-order valence-electron chi connectivity index (χ1n) is 9.48. The summed E-state index contributed by atoms with van der Waals surface area (Å²) in [7, 11) is 0. The van der Waals surface area contributed by atoms with E-state index in [1.54, 1.807) is 0 Å². The highest BCUT2D eigenvalue weighted by Gasteiger charge is 1.95. The second kappa shape index (κ2) is 20.0. The van der Waals surface area contributed by atoms with E-state index >= 15 is 0 Å². The van der Waals surface area contributed by atoms with Crippen molar-refractivity contribution in [3.05, 3.63) is 0 Å². The van der Waals surface area contributed by atoms with Gasteiger partial charge in [0.15, 0.2) is 0 Å². The molecule has 0 saturated heterocycles. The molecule has 0 aliphatic carbocycles. The minimum atomic E-state index is 0. The smallest absolute Gasteiger partial charge is 0.0701 e. The normalized spacial score (nSPS) is 11.8. The third-order valence-electron chi connectivity index (χ3n) is 3.09. The van der Waals surface area contributed by atoms with E-state index in [0.29, 0.717) is 78.2 Å². The Labute approximate surface area is 157 Å². The molecule has 0 aromatic heterocycles. The Bertz CT molecular complexity index is 242. The molecule has 0 saturated carbocycles. The Hall–Kier alpha value is -0.280. The maximum Gasteiger partial charge on any atom is 0.0701 e. The number of nitrogens with one attached hydrogen (secondary N) is 2. The summed E-state index contributed by atoms with van der Waals surface area (Å²) in [4.78, 5) is 0. The second-order valence-electron chi connectivity index (χ2n) is 6.28. The van der Waals surface area contributed by atoms with Crippen LogP contribution in [0.3, 0.4) is 0 Å². The van der Waals surface area contributed by atoms with Crippen LogP contribution in [0, 0.1) is 0 Å². The fourth-order valence-electron chi connectivity index (χ4n) is 1.82. The van der Waals surface area contributed by atoms with Gasteiger partial charge in [-0.1, -0.05) is 27.7 Å². The fourth-order valence-corrected chi connectivity index (χ4v) is 1.82. The van der Waals surface area contributed by atoms with Crippen molar-refractivity contribution in [2.24, 2.45) is 0 Å². The van der Waals surface area contributed by atoms with Gasteiger partial charge in [0.1, 0.15) is 0 Å². The lowest BCUT2D eigenvalue weighted by Gasteiger charge is -2.10. The van der Waals surface area contributed by atoms with Gasteiger partial charge in [0, 0.05) is 28.0 Å². The third-order valence-corrected chi connectivity index (χ3v) is 3.09. The summed E-state index contributed by atoms with van der Waals surface area (Å²) in [6.07, 6.45) is 0. The molecular weight excluding hydrogens is 324 g/mol. The molecule has 25 heavy (non-hydrogen) atoms. The van der Waals surface area contributed by atoms with Gasteiger partial charge in [-0.3, -0.25) is 0 Å². The Morgan fingerprint density at radius 1 is 0.480 bits per heavy atom. The Morgan fingerprint density at radius 3 is 0.960 bits per heavy atom. The zero-order valence-electron chi connectivity index (χ0n) is 16.7. The molecule has 0 amide bonds. The van der Waals surface area contributed by atoms with Gasteiger partial charge in [-0.15, -0.1) is 0 Å². The zero-order chi connectivity index (χ0) is 18.6. The molecule has 0 aliphatic heterocycles. The summed E-state index contributed by atoms with van der Waals surface area (Å²) < 4.78 is 27.1. The lowest BCUT2D eigenvalue weighted by Crippen LogP contribution is -2.27. The molecule has 7 heteroatoms. The van der Waals surface area contributed by atoms with Crippen LogP contribution in [0.5, 0.6) is 0 Å². The van der Waals surface area contributed by atoms with Crippen molar-refractivity contribution in [3.8, 4) is 0 Å². The van der Waals surface area contributed by atoms with E-state index in [4.69, 9.17) is 23.7 Å². The summed E-state index contributed by atoms with van der Waals surface area (Å²) >= 11 is 0. The first-order chi connectivity index (χ1) is 12.1. The van der Waals surface area contributed by atoms with Crippen LogP contribution in [0.4, 0.5) is 0 Å². The molecule has 0 fully saturated rings. The summed E-state index contributed by atoms with van der Waals surface area (Å²) in [5, 5.41) is 6.59. The highest BCUT2D eigenvalue weighted by atomic mass is 16.6. The lowest BCUT2D eigenvalue weighted by molar-refractivity contribution is -0.0106. The van der Waals surface area contributed by atoms with Gasteiger partial charge in [-0.05, 0) is 0 Å². The number of hydrogen-bond acceptors (Lipinski definition) is 7. The van der Waals surface area contributed by atoms with Crippen LogP contribution in [0.1, 0.15) is 30.5 Å². The predicted molar refractivity (Wildman–Crippen MR) is 105 cm³/mol. The fraction of sp³-hybridized carbons (Fsp3) is 1.00. The first kappa shape index (κ1) is 24.7. The van der Waals surface area contributed by atoms with Crippen molar-refractivity contribution in [1.29, 1.82) is 0 Å². The molecule has 0 rings (SSSR count). The van der Waals surface area contributed by atoms with Crippen molar-refractivity contribution >= 4 is 0 Å². The van der Waals surface area contributed by atoms with E-state index in [1.165, 1.54) is 0 Å². The largest absolute Gasteiger partial charge is 0.378 e. The number of rotatable bonds is 20. The molecule has 0 spiro atoms. The van der Waals surface area contributed by atoms with Crippen molar-refractivity contribution in [1.82, 2.24) is 10.6 Å². The van der Waals surface area contributed by atoms with E-state index in [0.717, 1.165) is 13.1 Å². The van der Waals surface area contributed by atoms with Gasteiger partial charge < -0.3 is 34.3 Å². The molecule has 0 aliphatic rings. The van der Waals surface area contributed by atoms with E-state index < -0.39 is 0 Å². The molecule has 0 radical (unpaired) electrons. The topological polar surface area (TPSA) is 70.2 Å². The third kappa shape index (κ3) is 23.7. The maximum atomic E-state index is 5.44. The molecule has 0 heterocycles. The highest BCUT2D eigenvalue weighted by Crippen LogP contribution is 1.84. The average molecular weight is 369 g/mol. The van der Waals surface area contributed by atoms with Crippen molar-refractivity contribution in [2.75, 3.05) is 79.2 Å². The van der Waals surface area contributed by atoms with Crippen LogP contribution in [-0.4, -0.2) is 91.2 Å². The summed E-state index contributed by atoms with van der Waals surface area (Å²) in [5.41, 5.74) is 0. The molecule has 7 nitrogen and oxygen atoms in total. The lowest BCUT2D eigenvalue weighted by atomic mass is 10.4. The SMILES string of the molecule is CC(C)NCCOCCOCCOCCOCCOCCNC(C)C.[HH].[HH]. The summed E-state index contributed by atoms with van der Waals surface area (Å²) in [5.74, 6) is 0.